The summed E-state index contributed by atoms with van der Waals surface area (Å²) in [6.45, 7) is 4.05. The maximum absolute atomic E-state index is 11.7. The van der Waals surface area contributed by atoms with Crippen molar-refractivity contribution in [2.45, 2.75) is 20.0 Å². The quantitative estimate of drug-likeness (QED) is 0.843. The molecule has 1 rings (SSSR count). The van der Waals surface area contributed by atoms with E-state index >= 15 is 0 Å². The Bertz CT molecular complexity index is 398. The summed E-state index contributed by atoms with van der Waals surface area (Å²) in [6.07, 6.45) is -0.574. The molecule has 0 aliphatic carbocycles. The van der Waals surface area contributed by atoms with Crippen LogP contribution in [-0.2, 0) is 4.79 Å². The SMILES string of the molecule is CC(CO)CNC(=O)C(C)Oc1ccccc1Br. The molecular formula is C13H18BrNO3. The van der Waals surface area contributed by atoms with Gasteiger partial charge in [0.25, 0.3) is 5.91 Å². The van der Waals surface area contributed by atoms with E-state index in [-0.39, 0.29) is 18.4 Å². The van der Waals surface area contributed by atoms with E-state index in [2.05, 4.69) is 21.2 Å². The number of benzene rings is 1. The van der Waals surface area contributed by atoms with Gasteiger partial charge in [-0.1, -0.05) is 19.1 Å². The summed E-state index contributed by atoms with van der Waals surface area (Å²) in [7, 11) is 0. The standard InChI is InChI=1S/C13H18BrNO3/c1-9(8-16)7-15-13(17)10(2)18-12-6-4-3-5-11(12)14/h3-6,9-10,16H,7-8H2,1-2H3,(H,15,17). The van der Waals surface area contributed by atoms with E-state index in [9.17, 15) is 4.79 Å². The van der Waals surface area contributed by atoms with Crippen LogP contribution in [0.4, 0.5) is 0 Å². The van der Waals surface area contributed by atoms with Gasteiger partial charge in [0.05, 0.1) is 4.47 Å². The smallest absolute Gasteiger partial charge is 0.260 e. The molecule has 1 aromatic carbocycles. The molecule has 0 spiro atoms. The third-order valence-electron chi connectivity index (χ3n) is 2.45. The molecule has 18 heavy (non-hydrogen) atoms. The van der Waals surface area contributed by atoms with Gasteiger partial charge in [-0.05, 0) is 40.9 Å². The van der Waals surface area contributed by atoms with Crippen molar-refractivity contribution in [1.82, 2.24) is 5.32 Å². The fourth-order valence-corrected chi connectivity index (χ4v) is 1.65. The van der Waals surface area contributed by atoms with Crippen molar-refractivity contribution < 1.29 is 14.6 Å². The number of carbonyl (C=O) groups is 1. The van der Waals surface area contributed by atoms with Crippen molar-refractivity contribution in [2.24, 2.45) is 5.92 Å². The molecule has 0 heterocycles. The first kappa shape index (κ1) is 15.0. The number of hydrogen-bond donors (Lipinski definition) is 2. The summed E-state index contributed by atoms with van der Waals surface area (Å²) in [6, 6.07) is 7.38. The van der Waals surface area contributed by atoms with Gasteiger partial charge in [-0.2, -0.15) is 0 Å². The first-order valence-corrected chi connectivity index (χ1v) is 6.63. The van der Waals surface area contributed by atoms with Crippen LogP contribution in [0.2, 0.25) is 0 Å². The molecule has 2 N–H and O–H groups in total. The molecule has 2 atom stereocenters. The zero-order valence-corrected chi connectivity index (χ0v) is 12.1. The Morgan fingerprint density at radius 2 is 2.11 bits per heavy atom. The van der Waals surface area contributed by atoms with Crippen LogP contribution in [0, 0.1) is 5.92 Å². The topological polar surface area (TPSA) is 58.6 Å². The van der Waals surface area contributed by atoms with Gasteiger partial charge >= 0.3 is 0 Å². The van der Waals surface area contributed by atoms with Gasteiger partial charge in [-0.15, -0.1) is 0 Å². The monoisotopic (exact) mass is 315 g/mol. The van der Waals surface area contributed by atoms with E-state index in [1.54, 1.807) is 13.0 Å². The average molecular weight is 316 g/mol. The van der Waals surface area contributed by atoms with Gasteiger partial charge in [0, 0.05) is 13.2 Å². The van der Waals surface area contributed by atoms with E-state index in [1.807, 2.05) is 25.1 Å². The van der Waals surface area contributed by atoms with Crippen LogP contribution >= 0.6 is 15.9 Å². The van der Waals surface area contributed by atoms with Crippen molar-refractivity contribution >= 4 is 21.8 Å². The third-order valence-corrected chi connectivity index (χ3v) is 3.10. The molecule has 4 nitrogen and oxygen atoms in total. The molecule has 0 bridgehead atoms. The van der Waals surface area contributed by atoms with E-state index < -0.39 is 6.10 Å². The molecule has 5 heteroatoms. The molecule has 0 aliphatic rings. The number of nitrogens with one attached hydrogen (secondary N) is 1. The van der Waals surface area contributed by atoms with Gasteiger partial charge in [0.2, 0.25) is 0 Å². The number of ether oxygens (including phenoxy) is 1. The van der Waals surface area contributed by atoms with Crippen LogP contribution in [0.3, 0.4) is 0 Å². The molecule has 100 valence electrons. The van der Waals surface area contributed by atoms with Crippen LogP contribution in [0.5, 0.6) is 5.75 Å². The highest BCUT2D eigenvalue weighted by Gasteiger charge is 2.16. The van der Waals surface area contributed by atoms with Gasteiger partial charge in [-0.25, -0.2) is 0 Å². The summed E-state index contributed by atoms with van der Waals surface area (Å²) in [5.74, 6) is 0.492. The Morgan fingerprint density at radius 1 is 1.44 bits per heavy atom. The maximum atomic E-state index is 11.7. The molecule has 2 unspecified atom stereocenters. The van der Waals surface area contributed by atoms with Crippen molar-refractivity contribution in [3.8, 4) is 5.75 Å². The lowest BCUT2D eigenvalue weighted by Crippen LogP contribution is -2.39. The zero-order valence-electron chi connectivity index (χ0n) is 10.5. The van der Waals surface area contributed by atoms with Crippen molar-refractivity contribution in [1.29, 1.82) is 0 Å². The maximum Gasteiger partial charge on any atom is 0.260 e. The van der Waals surface area contributed by atoms with Crippen molar-refractivity contribution in [2.75, 3.05) is 13.2 Å². The first-order valence-electron chi connectivity index (χ1n) is 5.84. The second kappa shape index (κ2) is 7.38. The van der Waals surface area contributed by atoms with E-state index in [4.69, 9.17) is 9.84 Å². The minimum Gasteiger partial charge on any atom is -0.480 e. The number of hydrogen-bond acceptors (Lipinski definition) is 3. The lowest BCUT2D eigenvalue weighted by molar-refractivity contribution is -0.127. The predicted molar refractivity (Wildman–Crippen MR) is 73.5 cm³/mol. The summed E-state index contributed by atoms with van der Waals surface area (Å²) in [5.41, 5.74) is 0. The molecule has 0 saturated carbocycles. The highest BCUT2D eigenvalue weighted by molar-refractivity contribution is 9.10. The molecule has 0 aliphatic heterocycles. The number of para-hydroxylation sites is 1. The van der Waals surface area contributed by atoms with Gasteiger partial charge < -0.3 is 15.2 Å². The number of halogens is 1. The van der Waals surface area contributed by atoms with Gasteiger partial charge in [0.15, 0.2) is 6.10 Å². The Labute approximate surface area is 115 Å². The summed E-state index contributed by atoms with van der Waals surface area (Å²) >= 11 is 3.36. The highest BCUT2D eigenvalue weighted by Crippen LogP contribution is 2.24. The Balaban J connectivity index is 2.47. The minimum atomic E-state index is -0.574. The molecule has 0 fully saturated rings. The first-order chi connectivity index (χ1) is 8.54. The zero-order chi connectivity index (χ0) is 13.5. The van der Waals surface area contributed by atoms with Crippen molar-refractivity contribution in [3.63, 3.8) is 0 Å². The van der Waals surface area contributed by atoms with Gasteiger partial charge in [0.1, 0.15) is 5.75 Å². The van der Waals surface area contributed by atoms with Crippen LogP contribution in [0.1, 0.15) is 13.8 Å². The summed E-state index contributed by atoms with van der Waals surface area (Å²) in [5, 5.41) is 11.6. The Kier molecular flexibility index (Phi) is 6.15. The fraction of sp³-hybridized carbons (Fsp3) is 0.462. The predicted octanol–water partition coefficient (Wildman–Crippen LogP) is 1.96. The second-order valence-electron chi connectivity index (χ2n) is 4.22. The van der Waals surface area contributed by atoms with Crippen LogP contribution < -0.4 is 10.1 Å². The molecule has 0 saturated heterocycles. The fourth-order valence-electron chi connectivity index (χ4n) is 1.27. The Hall–Kier alpha value is -1.07. The van der Waals surface area contributed by atoms with Crippen LogP contribution in [0.25, 0.3) is 0 Å². The Morgan fingerprint density at radius 3 is 2.72 bits per heavy atom. The van der Waals surface area contributed by atoms with Crippen molar-refractivity contribution in [3.05, 3.63) is 28.7 Å². The minimum absolute atomic E-state index is 0.0459. The summed E-state index contributed by atoms with van der Waals surface area (Å²) in [4.78, 5) is 11.7. The molecule has 1 aromatic rings. The number of carbonyl (C=O) groups excluding carboxylic acids is 1. The molecule has 0 radical (unpaired) electrons. The van der Waals surface area contributed by atoms with Crippen LogP contribution in [0.15, 0.2) is 28.7 Å². The van der Waals surface area contributed by atoms with Gasteiger partial charge in [-0.3, -0.25) is 4.79 Å². The lowest BCUT2D eigenvalue weighted by Gasteiger charge is -2.16. The second-order valence-corrected chi connectivity index (χ2v) is 5.08. The third kappa shape index (κ3) is 4.66. The number of amides is 1. The lowest BCUT2D eigenvalue weighted by atomic mass is 10.2. The average Bonchev–Trinajstić information content (AvgIpc) is 2.38. The normalized spacial score (nSPS) is 13.8. The molecule has 1 amide bonds. The van der Waals surface area contributed by atoms with E-state index in [1.165, 1.54) is 0 Å². The largest absolute Gasteiger partial charge is 0.480 e. The molecule has 0 aromatic heterocycles. The number of aliphatic hydroxyl groups is 1. The van der Waals surface area contributed by atoms with E-state index in [0.717, 1.165) is 4.47 Å². The molecular weight excluding hydrogens is 298 g/mol. The number of aliphatic hydroxyl groups excluding tert-OH is 1. The van der Waals surface area contributed by atoms with Crippen LogP contribution in [-0.4, -0.2) is 30.3 Å². The summed E-state index contributed by atoms with van der Waals surface area (Å²) < 4.78 is 6.36. The van der Waals surface area contributed by atoms with E-state index in [0.29, 0.717) is 12.3 Å². The number of rotatable bonds is 6. The highest BCUT2D eigenvalue weighted by atomic mass is 79.9.